The highest BCUT2D eigenvalue weighted by atomic mass is 79.9. The van der Waals surface area contributed by atoms with Gasteiger partial charge in [-0.1, -0.05) is 21.1 Å². The Kier molecular flexibility index (Phi) is 4.43. The van der Waals surface area contributed by atoms with Crippen LogP contribution in [0.3, 0.4) is 0 Å². The molecule has 0 aliphatic carbocycles. The molecule has 1 heterocycles. The number of benzene rings is 1. The van der Waals surface area contributed by atoms with Crippen LogP contribution in [0.25, 0.3) is 11.6 Å². The van der Waals surface area contributed by atoms with Crippen molar-refractivity contribution in [3.8, 4) is 17.6 Å². The summed E-state index contributed by atoms with van der Waals surface area (Å²) in [4.78, 5) is 0. The predicted molar refractivity (Wildman–Crippen MR) is 77.2 cm³/mol. The number of nitrogens with zero attached hydrogens (tertiary/aromatic N) is 2. The molecule has 1 aromatic heterocycles. The molecule has 0 spiro atoms. The topological polar surface area (TPSA) is 68.3 Å². The van der Waals surface area contributed by atoms with Gasteiger partial charge in [0.1, 0.15) is 6.07 Å². The van der Waals surface area contributed by atoms with Crippen molar-refractivity contribution >= 4 is 27.6 Å². The lowest BCUT2D eigenvalue weighted by Gasteiger charge is -2.10. The van der Waals surface area contributed by atoms with Crippen LogP contribution in [0.4, 0.5) is 0 Å². The summed E-state index contributed by atoms with van der Waals surface area (Å²) >= 11 is 3.44. The Balaban J connectivity index is 2.50. The summed E-state index contributed by atoms with van der Waals surface area (Å²) in [6.07, 6.45) is 3.18. The van der Waals surface area contributed by atoms with Gasteiger partial charge in [-0.2, -0.15) is 5.26 Å². The third kappa shape index (κ3) is 2.83. The number of hydrogen-bond donors (Lipinski definition) is 0. The molecular formula is C14H11BrN2O3. The van der Waals surface area contributed by atoms with Gasteiger partial charge in [0.05, 0.1) is 26.0 Å². The van der Waals surface area contributed by atoms with E-state index in [1.165, 1.54) is 6.20 Å². The van der Waals surface area contributed by atoms with Gasteiger partial charge >= 0.3 is 0 Å². The number of aromatic nitrogens is 1. The van der Waals surface area contributed by atoms with Crippen LogP contribution in [0.5, 0.6) is 11.5 Å². The Morgan fingerprint density at radius 3 is 2.60 bits per heavy atom. The van der Waals surface area contributed by atoms with Gasteiger partial charge in [-0.25, -0.2) is 0 Å². The minimum atomic E-state index is 0.371. The van der Waals surface area contributed by atoms with Gasteiger partial charge in [0.15, 0.2) is 17.3 Å². The zero-order valence-corrected chi connectivity index (χ0v) is 12.5. The van der Waals surface area contributed by atoms with Gasteiger partial charge in [-0.05, 0) is 23.8 Å². The fourth-order valence-corrected chi connectivity index (χ4v) is 2.09. The molecule has 2 rings (SSSR count). The SMILES string of the molecule is COc1cc(Br)c(/C=C(\C#N)c2ccno2)cc1OC. The Morgan fingerprint density at radius 1 is 1.35 bits per heavy atom. The molecule has 0 aliphatic rings. The lowest BCUT2D eigenvalue weighted by atomic mass is 10.1. The van der Waals surface area contributed by atoms with Crippen LogP contribution in [-0.2, 0) is 0 Å². The van der Waals surface area contributed by atoms with Crippen molar-refractivity contribution < 1.29 is 14.0 Å². The van der Waals surface area contributed by atoms with Crippen LogP contribution in [-0.4, -0.2) is 19.4 Å². The van der Waals surface area contributed by atoms with Gasteiger partial charge in [-0.3, -0.25) is 0 Å². The Morgan fingerprint density at radius 2 is 2.05 bits per heavy atom. The molecule has 0 amide bonds. The Bertz CT molecular complexity index is 672. The summed E-state index contributed by atoms with van der Waals surface area (Å²) in [5, 5.41) is 12.8. The molecule has 0 N–H and O–H groups in total. The largest absolute Gasteiger partial charge is 0.493 e. The predicted octanol–water partition coefficient (Wildman–Crippen LogP) is 3.52. The number of ether oxygens (including phenoxy) is 2. The van der Waals surface area contributed by atoms with E-state index in [1.807, 2.05) is 0 Å². The van der Waals surface area contributed by atoms with Crippen molar-refractivity contribution in [1.29, 1.82) is 5.26 Å². The molecule has 2 aromatic rings. The second-order valence-electron chi connectivity index (χ2n) is 3.78. The lowest BCUT2D eigenvalue weighted by Crippen LogP contribution is -1.92. The van der Waals surface area contributed by atoms with E-state index in [2.05, 4.69) is 27.2 Å². The number of halogens is 1. The number of nitriles is 1. The van der Waals surface area contributed by atoms with Crippen molar-refractivity contribution in [3.63, 3.8) is 0 Å². The zero-order valence-electron chi connectivity index (χ0n) is 10.9. The van der Waals surface area contributed by atoms with E-state index in [-0.39, 0.29) is 0 Å². The molecule has 0 atom stereocenters. The summed E-state index contributed by atoms with van der Waals surface area (Å²) in [6.45, 7) is 0. The van der Waals surface area contributed by atoms with E-state index in [1.54, 1.807) is 38.5 Å². The normalized spacial score (nSPS) is 11.0. The third-order valence-corrected chi connectivity index (χ3v) is 3.31. The van der Waals surface area contributed by atoms with Crippen LogP contribution in [0.15, 0.2) is 33.4 Å². The van der Waals surface area contributed by atoms with Gasteiger partial charge in [0.2, 0.25) is 0 Å². The number of rotatable bonds is 4. The van der Waals surface area contributed by atoms with E-state index < -0.39 is 0 Å². The van der Waals surface area contributed by atoms with E-state index in [0.717, 1.165) is 10.0 Å². The fourth-order valence-electron chi connectivity index (χ4n) is 1.65. The highest BCUT2D eigenvalue weighted by Gasteiger charge is 2.11. The maximum absolute atomic E-state index is 9.20. The molecule has 6 heteroatoms. The van der Waals surface area contributed by atoms with Crippen LogP contribution in [0.1, 0.15) is 11.3 Å². The van der Waals surface area contributed by atoms with Crippen molar-refractivity contribution in [1.82, 2.24) is 5.16 Å². The summed E-state index contributed by atoms with van der Waals surface area (Å²) in [7, 11) is 3.12. The van der Waals surface area contributed by atoms with E-state index in [4.69, 9.17) is 14.0 Å². The lowest BCUT2D eigenvalue weighted by molar-refractivity contribution is 0.354. The fraction of sp³-hybridized carbons (Fsp3) is 0.143. The zero-order chi connectivity index (χ0) is 14.5. The molecule has 0 fully saturated rings. The van der Waals surface area contributed by atoms with E-state index in [0.29, 0.717) is 22.8 Å². The average Bonchev–Trinajstić information content (AvgIpc) is 2.99. The minimum absolute atomic E-state index is 0.371. The van der Waals surface area contributed by atoms with Gasteiger partial charge in [-0.15, -0.1) is 0 Å². The van der Waals surface area contributed by atoms with Crippen molar-refractivity contribution in [3.05, 3.63) is 40.2 Å². The molecule has 0 saturated heterocycles. The molecule has 102 valence electrons. The number of allylic oxidation sites excluding steroid dienone is 1. The molecular weight excluding hydrogens is 324 g/mol. The summed E-state index contributed by atoms with van der Waals surface area (Å²) in [5.74, 6) is 1.60. The Labute approximate surface area is 124 Å². The first-order chi connectivity index (χ1) is 9.69. The first-order valence-electron chi connectivity index (χ1n) is 5.64. The van der Waals surface area contributed by atoms with Crippen molar-refractivity contribution in [2.45, 2.75) is 0 Å². The molecule has 5 nitrogen and oxygen atoms in total. The molecule has 0 unspecified atom stereocenters. The molecule has 20 heavy (non-hydrogen) atoms. The summed E-state index contributed by atoms with van der Waals surface area (Å²) in [5.41, 5.74) is 1.14. The maximum Gasteiger partial charge on any atom is 0.177 e. The van der Waals surface area contributed by atoms with Crippen LogP contribution in [0, 0.1) is 11.3 Å². The van der Waals surface area contributed by atoms with Crippen LogP contribution >= 0.6 is 15.9 Å². The van der Waals surface area contributed by atoms with Crippen LogP contribution < -0.4 is 9.47 Å². The minimum Gasteiger partial charge on any atom is -0.493 e. The van der Waals surface area contributed by atoms with Gasteiger partial charge < -0.3 is 14.0 Å². The molecule has 0 radical (unpaired) electrons. The summed E-state index contributed by atoms with van der Waals surface area (Å²) in [6, 6.07) is 7.26. The second kappa shape index (κ2) is 6.26. The molecule has 0 aliphatic heterocycles. The van der Waals surface area contributed by atoms with Crippen molar-refractivity contribution in [2.75, 3.05) is 14.2 Å². The smallest absolute Gasteiger partial charge is 0.177 e. The molecule has 0 saturated carbocycles. The van der Waals surface area contributed by atoms with E-state index >= 15 is 0 Å². The third-order valence-electron chi connectivity index (χ3n) is 2.63. The monoisotopic (exact) mass is 334 g/mol. The Hall–Kier alpha value is -2.26. The quantitative estimate of drug-likeness (QED) is 0.800. The highest BCUT2D eigenvalue weighted by Crippen LogP contribution is 2.35. The number of hydrogen-bond acceptors (Lipinski definition) is 5. The van der Waals surface area contributed by atoms with Gasteiger partial charge in [0, 0.05) is 10.5 Å². The second-order valence-corrected chi connectivity index (χ2v) is 4.63. The summed E-state index contributed by atoms with van der Waals surface area (Å²) < 4.78 is 16.2. The standard InChI is InChI=1S/C14H11BrN2O3/c1-18-13-6-9(11(15)7-14(13)19-2)5-10(8-16)12-3-4-17-20-12/h3-7H,1-2H3/b10-5+. The molecule has 1 aromatic carbocycles. The average molecular weight is 335 g/mol. The maximum atomic E-state index is 9.20. The number of methoxy groups -OCH3 is 2. The molecule has 0 bridgehead atoms. The van der Waals surface area contributed by atoms with Crippen molar-refractivity contribution in [2.24, 2.45) is 0 Å². The van der Waals surface area contributed by atoms with E-state index in [9.17, 15) is 5.26 Å². The van der Waals surface area contributed by atoms with Crippen LogP contribution in [0.2, 0.25) is 0 Å². The highest BCUT2D eigenvalue weighted by molar-refractivity contribution is 9.10. The van der Waals surface area contributed by atoms with Gasteiger partial charge in [0.25, 0.3) is 0 Å². The first kappa shape index (κ1) is 14.2. The first-order valence-corrected chi connectivity index (χ1v) is 6.43.